The van der Waals surface area contributed by atoms with E-state index >= 15 is 0 Å². The van der Waals surface area contributed by atoms with Crippen LogP contribution in [0.25, 0.3) is 0 Å². The van der Waals surface area contributed by atoms with Crippen LogP contribution >= 0.6 is 12.4 Å². The molecule has 0 aromatic heterocycles. The first-order valence-electron chi connectivity index (χ1n) is 7.03. The first-order chi connectivity index (χ1) is 8.78. The second-order valence-electron chi connectivity index (χ2n) is 5.56. The highest BCUT2D eigenvalue weighted by atomic mass is 35.5. The standard InChI is InChI=1S/C15H22N2O.ClH/c1-2-11-8-17(10-14(11)18)9-13-5-3-4-12-6-7-16-15(12)13;/h3-5,11,14,16,18H,2,6-10H2,1H3;1H. The molecule has 0 saturated carbocycles. The Balaban J connectivity index is 0.00000133. The van der Waals surface area contributed by atoms with Gasteiger partial charge in [-0.15, -0.1) is 12.4 Å². The molecule has 0 bridgehead atoms. The molecule has 3 nitrogen and oxygen atoms in total. The monoisotopic (exact) mass is 282 g/mol. The van der Waals surface area contributed by atoms with Crippen LogP contribution in [-0.4, -0.2) is 35.7 Å². The summed E-state index contributed by atoms with van der Waals surface area (Å²) in [5.41, 5.74) is 4.17. The average molecular weight is 283 g/mol. The Bertz CT molecular complexity index is 438. The molecule has 0 aliphatic carbocycles. The number of benzene rings is 1. The number of aliphatic hydroxyl groups excluding tert-OH is 1. The minimum Gasteiger partial charge on any atom is -0.391 e. The quantitative estimate of drug-likeness (QED) is 0.893. The maximum absolute atomic E-state index is 9.97. The van der Waals surface area contributed by atoms with Gasteiger partial charge in [0.1, 0.15) is 0 Å². The molecule has 19 heavy (non-hydrogen) atoms. The van der Waals surface area contributed by atoms with Crippen molar-refractivity contribution in [3.8, 4) is 0 Å². The van der Waals surface area contributed by atoms with E-state index in [0.717, 1.165) is 39.0 Å². The third kappa shape index (κ3) is 2.88. The molecule has 4 heteroatoms. The highest BCUT2D eigenvalue weighted by molar-refractivity contribution is 5.85. The van der Waals surface area contributed by atoms with Crippen LogP contribution in [0.15, 0.2) is 18.2 Å². The topological polar surface area (TPSA) is 35.5 Å². The lowest BCUT2D eigenvalue weighted by atomic mass is 10.0. The van der Waals surface area contributed by atoms with E-state index in [1.54, 1.807) is 0 Å². The lowest BCUT2D eigenvalue weighted by molar-refractivity contribution is 0.139. The summed E-state index contributed by atoms with van der Waals surface area (Å²) in [6, 6.07) is 6.58. The highest BCUT2D eigenvalue weighted by Gasteiger charge is 2.30. The molecule has 0 radical (unpaired) electrons. The van der Waals surface area contributed by atoms with E-state index in [4.69, 9.17) is 0 Å². The third-order valence-electron chi connectivity index (χ3n) is 4.33. The van der Waals surface area contributed by atoms with Crippen molar-refractivity contribution in [1.29, 1.82) is 0 Å². The molecule has 2 aliphatic heterocycles. The Kier molecular flexibility index (Phi) is 4.71. The zero-order valence-corrected chi connectivity index (χ0v) is 12.2. The highest BCUT2D eigenvalue weighted by Crippen LogP contribution is 2.29. The van der Waals surface area contributed by atoms with Gasteiger partial charge in [-0.1, -0.05) is 25.1 Å². The van der Waals surface area contributed by atoms with Gasteiger partial charge in [-0.05, 0) is 29.9 Å². The normalized spacial score (nSPS) is 25.8. The van der Waals surface area contributed by atoms with Gasteiger partial charge in [0, 0.05) is 31.9 Å². The van der Waals surface area contributed by atoms with Gasteiger partial charge in [-0.25, -0.2) is 0 Å². The summed E-state index contributed by atoms with van der Waals surface area (Å²) in [6.45, 7) is 6.04. The number of aliphatic hydroxyl groups is 1. The molecule has 2 aliphatic rings. The number of rotatable bonds is 3. The summed E-state index contributed by atoms with van der Waals surface area (Å²) in [5.74, 6) is 0.453. The number of β-amino-alcohol motifs (C(OH)–C–C–N with tert-alkyl or cyclic N) is 1. The molecule has 3 rings (SSSR count). The van der Waals surface area contributed by atoms with Crippen molar-refractivity contribution in [2.45, 2.75) is 32.4 Å². The molecule has 106 valence electrons. The summed E-state index contributed by atoms with van der Waals surface area (Å²) >= 11 is 0. The molecule has 1 fully saturated rings. The smallest absolute Gasteiger partial charge is 0.0707 e. The van der Waals surface area contributed by atoms with Crippen LogP contribution in [0.4, 0.5) is 5.69 Å². The Hall–Kier alpha value is -0.770. The van der Waals surface area contributed by atoms with Gasteiger partial charge in [0.2, 0.25) is 0 Å². The SMILES string of the molecule is CCC1CN(Cc2cccc3c2NCC3)CC1O.Cl. The minimum absolute atomic E-state index is 0. The fourth-order valence-corrected chi connectivity index (χ4v) is 3.26. The predicted molar refractivity (Wildman–Crippen MR) is 80.9 cm³/mol. The van der Waals surface area contributed by atoms with Crippen LogP contribution in [0.2, 0.25) is 0 Å². The molecule has 2 heterocycles. The second kappa shape index (κ2) is 6.12. The molecule has 2 atom stereocenters. The van der Waals surface area contributed by atoms with Crippen molar-refractivity contribution in [2.24, 2.45) is 5.92 Å². The maximum atomic E-state index is 9.97. The molecule has 1 aromatic rings. The molecule has 2 unspecified atom stereocenters. The predicted octanol–water partition coefficient (Wildman–Crippen LogP) is 2.28. The number of para-hydroxylation sites is 1. The fraction of sp³-hybridized carbons (Fsp3) is 0.600. The van der Waals surface area contributed by atoms with Crippen molar-refractivity contribution >= 4 is 18.1 Å². The van der Waals surface area contributed by atoms with Gasteiger partial charge in [0.05, 0.1) is 6.10 Å². The molecular weight excluding hydrogens is 260 g/mol. The summed E-state index contributed by atoms with van der Waals surface area (Å²) in [4.78, 5) is 2.38. The van der Waals surface area contributed by atoms with Crippen LogP contribution in [0.1, 0.15) is 24.5 Å². The van der Waals surface area contributed by atoms with E-state index in [2.05, 4.69) is 35.3 Å². The zero-order valence-electron chi connectivity index (χ0n) is 11.4. The lowest BCUT2D eigenvalue weighted by Crippen LogP contribution is -2.21. The van der Waals surface area contributed by atoms with Crippen molar-refractivity contribution in [1.82, 2.24) is 4.90 Å². The summed E-state index contributed by atoms with van der Waals surface area (Å²) in [6.07, 6.45) is 2.08. The van der Waals surface area contributed by atoms with Crippen LogP contribution in [0, 0.1) is 5.92 Å². The number of nitrogens with zero attached hydrogens (tertiary/aromatic N) is 1. The van der Waals surface area contributed by atoms with Crippen molar-refractivity contribution in [3.63, 3.8) is 0 Å². The number of hydrogen-bond acceptors (Lipinski definition) is 3. The Morgan fingerprint density at radius 2 is 2.21 bits per heavy atom. The van der Waals surface area contributed by atoms with E-state index in [9.17, 15) is 5.11 Å². The minimum atomic E-state index is -0.139. The first kappa shape index (κ1) is 14.6. The Morgan fingerprint density at radius 1 is 1.37 bits per heavy atom. The van der Waals surface area contributed by atoms with Gasteiger partial charge >= 0.3 is 0 Å². The lowest BCUT2D eigenvalue weighted by Gasteiger charge is -2.17. The van der Waals surface area contributed by atoms with Gasteiger partial charge in [0.15, 0.2) is 0 Å². The molecule has 1 aromatic carbocycles. The van der Waals surface area contributed by atoms with Crippen LogP contribution < -0.4 is 5.32 Å². The first-order valence-corrected chi connectivity index (χ1v) is 7.03. The van der Waals surface area contributed by atoms with E-state index in [1.165, 1.54) is 16.8 Å². The molecule has 2 N–H and O–H groups in total. The van der Waals surface area contributed by atoms with Gasteiger partial charge in [-0.3, -0.25) is 4.90 Å². The van der Waals surface area contributed by atoms with E-state index < -0.39 is 0 Å². The largest absolute Gasteiger partial charge is 0.391 e. The number of fused-ring (bicyclic) bond motifs is 1. The molecule has 0 amide bonds. The van der Waals surface area contributed by atoms with Crippen LogP contribution in [-0.2, 0) is 13.0 Å². The summed E-state index contributed by atoms with van der Waals surface area (Å²) < 4.78 is 0. The number of anilines is 1. The summed E-state index contributed by atoms with van der Waals surface area (Å²) in [7, 11) is 0. The van der Waals surface area contributed by atoms with E-state index in [1.807, 2.05) is 0 Å². The van der Waals surface area contributed by atoms with Crippen LogP contribution in [0.5, 0.6) is 0 Å². The number of halogens is 1. The van der Waals surface area contributed by atoms with Crippen molar-refractivity contribution < 1.29 is 5.11 Å². The van der Waals surface area contributed by atoms with Crippen LogP contribution in [0.3, 0.4) is 0 Å². The zero-order chi connectivity index (χ0) is 12.5. The number of nitrogens with one attached hydrogen (secondary N) is 1. The number of likely N-dealkylation sites (tertiary alicyclic amines) is 1. The molecule has 0 spiro atoms. The summed E-state index contributed by atoms with van der Waals surface area (Å²) in [5, 5.41) is 13.5. The second-order valence-corrected chi connectivity index (χ2v) is 5.56. The third-order valence-corrected chi connectivity index (χ3v) is 4.33. The maximum Gasteiger partial charge on any atom is 0.0707 e. The van der Waals surface area contributed by atoms with Gasteiger partial charge in [0.25, 0.3) is 0 Å². The van der Waals surface area contributed by atoms with Crippen molar-refractivity contribution in [2.75, 3.05) is 25.0 Å². The Morgan fingerprint density at radius 3 is 2.95 bits per heavy atom. The molecule has 1 saturated heterocycles. The van der Waals surface area contributed by atoms with Crippen molar-refractivity contribution in [3.05, 3.63) is 29.3 Å². The van der Waals surface area contributed by atoms with Gasteiger partial charge < -0.3 is 10.4 Å². The van der Waals surface area contributed by atoms with E-state index in [0.29, 0.717) is 5.92 Å². The fourth-order valence-electron chi connectivity index (χ4n) is 3.26. The van der Waals surface area contributed by atoms with E-state index in [-0.39, 0.29) is 18.5 Å². The average Bonchev–Trinajstić information content (AvgIpc) is 2.96. The Labute approximate surface area is 121 Å². The molecular formula is C15H23ClN2O. The van der Waals surface area contributed by atoms with Gasteiger partial charge in [-0.2, -0.15) is 0 Å². The number of hydrogen-bond donors (Lipinski definition) is 2.